The second kappa shape index (κ2) is 9.69. The van der Waals surface area contributed by atoms with Gasteiger partial charge in [0, 0.05) is 0 Å². The third-order valence-electron chi connectivity index (χ3n) is 5.94. The highest BCUT2D eigenvalue weighted by Gasteiger charge is 2.54. The molecular formula is C27H27N3O3. The third kappa shape index (κ3) is 4.37. The van der Waals surface area contributed by atoms with Crippen molar-refractivity contribution in [2.75, 3.05) is 6.54 Å². The van der Waals surface area contributed by atoms with Crippen molar-refractivity contribution in [1.29, 1.82) is 0 Å². The van der Waals surface area contributed by atoms with Crippen LogP contribution in [0.2, 0.25) is 0 Å². The number of benzene rings is 3. The number of nitrogens with zero attached hydrogens (tertiary/aromatic N) is 1. The van der Waals surface area contributed by atoms with Crippen LogP contribution in [0.5, 0.6) is 0 Å². The van der Waals surface area contributed by atoms with E-state index in [-0.39, 0.29) is 18.5 Å². The topological polar surface area (TPSA) is 78.5 Å². The lowest BCUT2D eigenvalue weighted by Gasteiger charge is -2.28. The first-order valence-electron chi connectivity index (χ1n) is 11.2. The zero-order valence-electron chi connectivity index (χ0n) is 18.5. The van der Waals surface area contributed by atoms with Crippen molar-refractivity contribution >= 4 is 17.8 Å². The summed E-state index contributed by atoms with van der Waals surface area (Å²) in [6.45, 7) is 1.70. The van der Waals surface area contributed by atoms with Gasteiger partial charge in [0.1, 0.15) is 6.54 Å². The quantitative estimate of drug-likeness (QED) is 0.516. The van der Waals surface area contributed by atoms with Gasteiger partial charge in [0.2, 0.25) is 5.91 Å². The maximum Gasteiger partial charge on any atom is 0.326 e. The summed E-state index contributed by atoms with van der Waals surface area (Å²) in [6, 6.07) is 27.2. The molecule has 3 aromatic rings. The monoisotopic (exact) mass is 441 g/mol. The first kappa shape index (κ1) is 22.3. The predicted octanol–water partition coefficient (Wildman–Crippen LogP) is 4.14. The second-order valence-electron chi connectivity index (χ2n) is 8.12. The summed E-state index contributed by atoms with van der Waals surface area (Å²) >= 11 is 0. The Kier molecular flexibility index (Phi) is 6.54. The molecule has 6 heteroatoms. The minimum atomic E-state index is -1.37. The number of nitrogens with one attached hydrogen (secondary N) is 2. The fourth-order valence-corrected chi connectivity index (χ4v) is 4.33. The molecule has 1 saturated heterocycles. The number of rotatable bonds is 8. The number of amides is 4. The smallest absolute Gasteiger partial charge is 0.326 e. The lowest BCUT2D eigenvalue weighted by atomic mass is 9.82. The fraction of sp³-hybridized carbons (Fsp3) is 0.222. The Labute approximate surface area is 193 Å². The normalized spacial score (nSPS) is 15.7. The molecule has 4 amide bonds. The maximum absolute atomic E-state index is 13.7. The molecule has 1 heterocycles. The molecular weight excluding hydrogens is 414 g/mol. The molecule has 0 aromatic heterocycles. The first-order chi connectivity index (χ1) is 16.1. The van der Waals surface area contributed by atoms with Crippen molar-refractivity contribution in [1.82, 2.24) is 15.5 Å². The van der Waals surface area contributed by atoms with Gasteiger partial charge in [0.15, 0.2) is 5.54 Å². The molecule has 0 aliphatic carbocycles. The van der Waals surface area contributed by atoms with Crippen LogP contribution < -0.4 is 10.6 Å². The number of hydrogen-bond acceptors (Lipinski definition) is 3. The van der Waals surface area contributed by atoms with Gasteiger partial charge in [-0.1, -0.05) is 104 Å². The van der Waals surface area contributed by atoms with Crippen LogP contribution >= 0.6 is 0 Å². The average molecular weight is 442 g/mol. The Balaban J connectivity index is 1.60. The zero-order valence-corrected chi connectivity index (χ0v) is 18.5. The zero-order chi connectivity index (χ0) is 23.3. The van der Waals surface area contributed by atoms with Crippen LogP contribution in [0.25, 0.3) is 0 Å². The highest BCUT2D eigenvalue weighted by Crippen LogP contribution is 2.35. The summed E-state index contributed by atoms with van der Waals surface area (Å²) in [6.07, 6.45) is 1.64. The van der Waals surface area contributed by atoms with Crippen molar-refractivity contribution in [2.45, 2.75) is 31.3 Å². The Morgan fingerprint density at radius 3 is 1.91 bits per heavy atom. The van der Waals surface area contributed by atoms with E-state index in [1.54, 1.807) is 24.3 Å². The van der Waals surface area contributed by atoms with Crippen molar-refractivity contribution in [2.24, 2.45) is 0 Å². The molecule has 4 rings (SSSR count). The van der Waals surface area contributed by atoms with Gasteiger partial charge in [-0.15, -0.1) is 0 Å². The Morgan fingerprint density at radius 1 is 0.879 bits per heavy atom. The number of urea groups is 1. The molecule has 1 unspecified atom stereocenters. The van der Waals surface area contributed by atoms with Gasteiger partial charge >= 0.3 is 6.03 Å². The van der Waals surface area contributed by atoms with Gasteiger partial charge in [-0.05, 0) is 23.1 Å². The first-order valence-corrected chi connectivity index (χ1v) is 11.2. The Hall–Kier alpha value is -3.93. The number of carbonyl (C=O) groups excluding carboxylic acids is 3. The van der Waals surface area contributed by atoms with E-state index in [1.165, 1.54) is 0 Å². The molecule has 33 heavy (non-hydrogen) atoms. The molecule has 6 nitrogen and oxygen atoms in total. The van der Waals surface area contributed by atoms with Gasteiger partial charge in [0.05, 0.1) is 6.04 Å². The van der Waals surface area contributed by atoms with Crippen molar-refractivity contribution in [3.8, 4) is 0 Å². The molecule has 0 radical (unpaired) electrons. The van der Waals surface area contributed by atoms with Gasteiger partial charge in [-0.2, -0.15) is 0 Å². The standard InChI is InChI=1S/C27H27N3O3/c1-2-12-23(20-13-6-3-7-14-20)28-24(31)19-30-25(32)27(29-26(30)33,21-15-8-4-9-16-21)22-17-10-5-11-18-22/h3-11,13-18,23H,2,12,19H2,1H3,(H,28,31)(H,29,33). The van der Waals surface area contributed by atoms with Gasteiger partial charge < -0.3 is 10.6 Å². The number of imide groups is 1. The van der Waals surface area contributed by atoms with Crippen LogP contribution in [0.4, 0.5) is 4.79 Å². The van der Waals surface area contributed by atoms with Crippen LogP contribution in [0.1, 0.15) is 42.5 Å². The minimum absolute atomic E-state index is 0.183. The van der Waals surface area contributed by atoms with Crippen LogP contribution in [-0.2, 0) is 15.1 Å². The summed E-state index contributed by atoms with van der Waals surface area (Å²) in [4.78, 5) is 40.6. The SMILES string of the molecule is CCCC(NC(=O)CN1C(=O)NC(c2ccccc2)(c2ccccc2)C1=O)c1ccccc1. The molecule has 2 N–H and O–H groups in total. The van der Waals surface area contributed by atoms with Crippen LogP contribution in [-0.4, -0.2) is 29.3 Å². The molecule has 1 aliphatic rings. The lowest BCUT2D eigenvalue weighted by Crippen LogP contribution is -2.46. The summed E-state index contributed by atoms with van der Waals surface area (Å²) < 4.78 is 0. The molecule has 1 aliphatic heterocycles. The molecule has 1 fully saturated rings. The lowest BCUT2D eigenvalue weighted by molar-refractivity contribution is -0.134. The largest absolute Gasteiger partial charge is 0.348 e. The van der Waals surface area contributed by atoms with Gasteiger partial charge in [0.25, 0.3) is 5.91 Å². The average Bonchev–Trinajstić information content (AvgIpc) is 3.11. The van der Waals surface area contributed by atoms with E-state index in [9.17, 15) is 14.4 Å². The Morgan fingerprint density at radius 2 is 1.39 bits per heavy atom. The molecule has 3 aromatic carbocycles. The van der Waals surface area contributed by atoms with Gasteiger partial charge in [-0.3, -0.25) is 14.5 Å². The van der Waals surface area contributed by atoms with Crippen LogP contribution in [0.3, 0.4) is 0 Å². The molecule has 0 bridgehead atoms. The van der Waals surface area contributed by atoms with E-state index in [0.29, 0.717) is 11.1 Å². The Bertz CT molecular complexity index is 1080. The van der Waals surface area contributed by atoms with E-state index in [0.717, 1.165) is 23.3 Å². The van der Waals surface area contributed by atoms with E-state index in [4.69, 9.17) is 0 Å². The van der Waals surface area contributed by atoms with Crippen molar-refractivity contribution in [3.63, 3.8) is 0 Å². The highest BCUT2D eigenvalue weighted by atomic mass is 16.2. The predicted molar refractivity (Wildman–Crippen MR) is 126 cm³/mol. The summed E-state index contributed by atoms with van der Waals surface area (Å²) in [5.74, 6) is -0.843. The summed E-state index contributed by atoms with van der Waals surface area (Å²) in [7, 11) is 0. The molecule has 1 atom stereocenters. The maximum atomic E-state index is 13.7. The van der Waals surface area contributed by atoms with E-state index in [1.807, 2.05) is 73.7 Å². The third-order valence-corrected chi connectivity index (χ3v) is 5.94. The number of hydrogen-bond donors (Lipinski definition) is 2. The molecule has 168 valence electrons. The second-order valence-corrected chi connectivity index (χ2v) is 8.12. The van der Waals surface area contributed by atoms with Crippen LogP contribution in [0.15, 0.2) is 91.0 Å². The van der Waals surface area contributed by atoms with E-state index in [2.05, 4.69) is 10.6 Å². The van der Waals surface area contributed by atoms with Gasteiger partial charge in [-0.25, -0.2) is 4.79 Å². The van der Waals surface area contributed by atoms with Crippen molar-refractivity contribution < 1.29 is 14.4 Å². The van der Waals surface area contributed by atoms with Crippen molar-refractivity contribution in [3.05, 3.63) is 108 Å². The van der Waals surface area contributed by atoms with Crippen LogP contribution in [0, 0.1) is 0 Å². The summed E-state index contributed by atoms with van der Waals surface area (Å²) in [5, 5.41) is 5.87. The highest BCUT2D eigenvalue weighted by molar-refractivity contribution is 6.11. The molecule has 0 saturated carbocycles. The van der Waals surface area contributed by atoms with E-state index >= 15 is 0 Å². The fourth-order valence-electron chi connectivity index (χ4n) is 4.33. The van der Waals surface area contributed by atoms with E-state index < -0.39 is 17.5 Å². The minimum Gasteiger partial charge on any atom is -0.348 e. The summed E-state index contributed by atoms with van der Waals surface area (Å²) in [5.41, 5.74) is 0.909. The molecule has 0 spiro atoms. The number of carbonyl (C=O) groups is 3.